The van der Waals surface area contributed by atoms with E-state index in [1.54, 1.807) is 24.5 Å². The van der Waals surface area contributed by atoms with E-state index >= 15 is 0 Å². The molecule has 0 aliphatic rings. The number of amides is 1. The molecule has 5 heteroatoms. The van der Waals surface area contributed by atoms with Gasteiger partial charge in [-0.05, 0) is 18.2 Å². The summed E-state index contributed by atoms with van der Waals surface area (Å²) < 4.78 is 1.85. The van der Waals surface area contributed by atoms with Crippen molar-refractivity contribution in [2.45, 2.75) is 0 Å². The third-order valence-electron chi connectivity index (χ3n) is 2.12. The standard InChI is InChI=1S/C9H10N4O/c1-13-5-11-7-3-2-6(4-8(7)13)9(14)12-10/h2-5H,10H2,1H3,(H,12,14). The summed E-state index contributed by atoms with van der Waals surface area (Å²) in [6.07, 6.45) is 1.70. The van der Waals surface area contributed by atoms with Gasteiger partial charge < -0.3 is 4.57 Å². The number of aryl methyl sites for hydroxylation is 1. The first-order valence-corrected chi connectivity index (χ1v) is 4.14. The number of fused-ring (bicyclic) bond motifs is 1. The molecule has 1 aromatic carbocycles. The van der Waals surface area contributed by atoms with Crippen molar-refractivity contribution < 1.29 is 4.79 Å². The molecule has 14 heavy (non-hydrogen) atoms. The number of hydrogen-bond acceptors (Lipinski definition) is 3. The smallest absolute Gasteiger partial charge is 0.265 e. The lowest BCUT2D eigenvalue weighted by Crippen LogP contribution is -2.29. The average Bonchev–Trinajstić information content (AvgIpc) is 2.59. The lowest BCUT2D eigenvalue weighted by atomic mass is 10.2. The number of benzene rings is 1. The molecule has 0 unspecified atom stereocenters. The molecule has 2 rings (SSSR count). The number of carbonyl (C=O) groups is 1. The molecule has 0 atom stereocenters. The molecule has 2 aromatic rings. The SMILES string of the molecule is Cn1cnc2ccc(C(=O)NN)cc21. The molecule has 0 bridgehead atoms. The Morgan fingerprint density at radius 3 is 3.07 bits per heavy atom. The summed E-state index contributed by atoms with van der Waals surface area (Å²) in [5, 5.41) is 0. The highest BCUT2D eigenvalue weighted by Gasteiger charge is 2.06. The van der Waals surface area contributed by atoms with Crippen LogP contribution in [0.3, 0.4) is 0 Å². The molecular weight excluding hydrogens is 180 g/mol. The predicted molar refractivity (Wildman–Crippen MR) is 52.4 cm³/mol. The minimum atomic E-state index is -0.298. The summed E-state index contributed by atoms with van der Waals surface area (Å²) in [5.74, 6) is 4.74. The minimum absolute atomic E-state index is 0.298. The van der Waals surface area contributed by atoms with Crippen LogP contribution in [-0.2, 0) is 7.05 Å². The summed E-state index contributed by atoms with van der Waals surface area (Å²) in [5.41, 5.74) is 4.39. The Morgan fingerprint density at radius 1 is 1.57 bits per heavy atom. The first-order valence-electron chi connectivity index (χ1n) is 4.14. The summed E-state index contributed by atoms with van der Waals surface area (Å²) in [7, 11) is 1.87. The second-order valence-corrected chi connectivity index (χ2v) is 3.03. The van der Waals surface area contributed by atoms with Crippen LogP contribution in [0.15, 0.2) is 24.5 Å². The molecule has 5 nitrogen and oxygen atoms in total. The second kappa shape index (κ2) is 3.12. The van der Waals surface area contributed by atoms with Crippen LogP contribution in [0.5, 0.6) is 0 Å². The third-order valence-corrected chi connectivity index (χ3v) is 2.12. The zero-order chi connectivity index (χ0) is 10.1. The van der Waals surface area contributed by atoms with Gasteiger partial charge in [-0.1, -0.05) is 0 Å². The molecular formula is C9H10N4O. The molecule has 1 amide bonds. The number of nitrogens with zero attached hydrogens (tertiary/aromatic N) is 2. The fraction of sp³-hybridized carbons (Fsp3) is 0.111. The van der Waals surface area contributed by atoms with Gasteiger partial charge >= 0.3 is 0 Å². The fourth-order valence-electron chi connectivity index (χ4n) is 1.35. The molecule has 0 aliphatic carbocycles. The van der Waals surface area contributed by atoms with Crippen molar-refractivity contribution in [1.82, 2.24) is 15.0 Å². The van der Waals surface area contributed by atoms with Crippen LogP contribution in [0.2, 0.25) is 0 Å². The van der Waals surface area contributed by atoms with Crippen molar-refractivity contribution in [3.05, 3.63) is 30.1 Å². The van der Waals surface area contributed by atoms with E-state index in [1.807, 2.05) is 11.6 Å². The first kappa shape index (κ1) is 8.71. The first-order chi connectivity index (χ1) is 6.72. The monoisotopic (exact) mass is 190 g/mol. The molecule has 0 saturated carbocycles. The van der Waals surface area contributed by atoms with Gasteiger partial charge in [-0.3, -0.25) is 10.2 Å². The van der Waals surface area contributed by atoms with E-state index in [9.17, 15) is 4.79 Å². The van der Waals surface area contributed by atoms with Crippen LogP contribution in [0, 0.1) is 0 Å². The van der Waals surface area contributed by atoms with E-state index in [-0.39, 0.29) is 5.91 Å². The third kappa shape index (κ3) is 1.23. The molecule has 0 spiro atoms. The highest BCUT2D eigenvalue weighted by molar-refractivity contribution is 5.96. The Morgan fingerprint density at radius 2 is 2.36 bits per heavy atom. The van der Waals surface area contributed by atoms with Crippen molar-refractivity contribution in [2.75, 3.05) is 0 Å². The highest BCUT2D eigenvalue weighted by atomic mass is 16.2. The fourth-order valence-corrected chi connectivity index (χ4v) is 1.35. The lowest BCUT2D eigenvalue weighted by Gasteiger charge is -2.00. The van der Waals surface area contributed by atoms with Gasteiger partial charge in [0.25, 0.3) is 5.91 Å². The Kier molecular flexibility index (Phi) is 1.94. The topological polar surface area (TPSA) is 72.9 Å². The van der Waals surface area contributed by atoms with E-state index in [4.69, 9.17) is 5.84 Å². The maximum atomic E-state index is 11.2. The van der Waals surface area contributed by atoms with Crippen LogP contribution in [0.25, 0.3) is 11.0 Å². The molecule has 0 aliphatic heterocycles. The predicted octanol–water partition coefficient (Wildman–Crippen LogP) is 0.177. The zero-order valence-electron chi connectivity index (χ0n) is 7.69. The molecule has 0 fully saturated rings. The number of rotatable bonds is 1. The number of hydrazine groups is 1. The van der Waals surface area contributed by atoms with Gasteiger partial charge in [0.1, 0.15) is 0 Å². The number of hydrogen-bond donors (Lipinski definition) is 2. The number of nitrogens with two attached hydrogens (primary N) is 1. The normalized spacial score (nSPS) is 10.4. The Labute approximate surface area is 80.5 Å². The molecule has 1 heterocycles. The summed E-state index contributed by atoms with van der Waals surface area (Å²) in [6.45, 7) is 0. The van der Waals surface area contributed by atoms with Gasteiger partial charge in [-0.25, -0.2) is 10.8 Å². The van der Waals surface area contributed by atoms with E-state index in [0.29, 0.717) is 5.56 Å². The van der Waals surface area contributed by atoms with Gasteiger partial charge in [0.2, 0.25) is 0 Å². The number of nitrogen functional groups attached to an aromatic ring is 1. The van der Waals surface area contributed by atoms with Crippen LogP contribution >= 0.6 is 0 Å². The van der Waals surface area contributed by atoms with Gasteiger partial charge in [0.05, 0.1) is 17.4 Å². The van der Waals surface area contributed by atoms with Crippen molar-refractivity contribution in [3.8, 4) is 0 Å². The Balaban J connectivity index is 2.60. The van der Waals surface area contributed by atoms with Gasteiger partial charge in [-0.15, -0.1) is 0 Å². The Hall–Kier alpha value is -1.88. The maximum absolute atomic E-state index is 11.2. The second-order valence-electron chi connectivity index (χ2n) is 3.03. The number of nitrogens with one attached hydrogen (secondary N) is 1. The summed E-state index contributed by atoms with van der Waals surface area (Å²) in [6, 6.07) is 5.24. The maximum Gasteiger partial charge on any atom is 0.265 e. The number of aromatic nitrogens is 2. The number of imidazole rings is 1. The van der Waals surface area contributed by atoms with Gasteiger partial charge in [-0.2, -0.15) is 0 Å². The van der Waals surface area contributed by atoms with Crippen LogP contribution in [0.1, 0.15) is 10.4 Å². The van der Waals surface area contributed by atoms with E-state index in [0.717, 1.165) is 11.0 Å². The number of carbonyl (C=O) groups excluding carboxylic acids is 1. The average molecular weight is 190 g/mol. The van der Waals surface area contributed by atoms with Crippen molar-refractivity contribution in [2.24, 2.45) is 12.9 Å². The van der Waals surface area contributed by atoms with Crippen molar-refractivity contribution in [3.63, 3.8) is 0 Å². The molecule has 0 saturated heterocycles. The van der Waals surface area contributed by atoms with Crippen LogP contribution < -0.4 is 11.3 Å². The van der Waals surface area contributed by atoms with E-state index < -0.39 is 0 Å². The van der Waals surface area contributed by atoms with Crippen molar-refractivity contribution >= 4 is 16.9 Å². The van der Waals surface area contributed by atoms with E-state index in [1.165, 1.54) is 0 Å². The van der Waals surface area contributed by atoms with Gasteiger partial charge in [0, 0.05) is 12.6 Å². The molecule has 0 radical (unpaired) electrons. The lowest BCUT2D eigenvalue weighted by molar-refractivity contribution is 0.0954. The Bertz CT molecular complexity index is 489. The van der Waals surface area contributed by atoms with Crippen LogP contribution in [0.4, 0.5) is 0 Å². The highest BCUT2D eigenvalue weighted by Crippen LogP contribution is 2.13. The molecule has 1 aromatic heterocycles. The summed E-state index contributed by atoms with van der Waals surface area (Å²) >= 11 is 0. The van der Waals surface area contributed by atoms with E-state index in [2.05, 4.69) is 10.4 Å². The molecule has 72 valence electrons. The minimum Gasteiger partial charge on any atom is -0.334 e. The van der Waals surface area contributed by atoms with Crippen LogP contribution in [-0.4, -0.2) is 15.5 Å². The quantitative estimate of drug-likeness (QED) is 0.382. The largest absolute Gasteiger partial charge is 0.334 e. The zero-order valence-corrected chi connectivity index (χ0v) is 7.69. The van der Waals surface area contributed by atoms with Crippen molar-refractivity contribution in [1.29, 1.82) is 0 Å². The summed E-state index contributed by atoms with van der Waals surface area (Å²) in [4.78, 5) is 15.4. The van der Waals surface area contributed by atoms with Gasteiger partial charge in [0.15, 0.2) is 0 Å². The molecule has 3 N–H and O–H groups in total.